The first-order valence-corrected chi connectivity index (χ1v) is 49.4. The van der Waals surface area contributed by atoms with Crippen LogP contribution in [0.4, 0.5) is 52.0 Å². The second-order valence-electron chi connectivity index (χ2n) is 35.7. The van der Waals surface area contributed by atoms with Crippen molar-refractivity contribution < 1.29 is 8.83 Å². The summed E-state index contributed by atoms with van der Waals surface area (Å²) in [4.78, 5) is 46.2. The number of hydrogen-bond donors (Lipinski definition) is 17. The summed E-state index contributed by atoms with van der Waals surface area (Å²) < 4.78 is 13.0. The van der Waals surface area contributed by atoms with Gasteiger partial charge in [-0.2, -0.15) is 25.6 Å². The number of thiophene rings is 2. The van der Waals surface area contributed by atoms with Crippen LogP contribution in [0.3, 0.4) is 0 Å². The fourth-order valence-electron chi connectivity index (χ4n) is 16.3. The van der Waals surface area contributed by atoms with Crippen molar-refractivity contribution in [3.05, 3.63) is 381 Å². The van der Waals surface area contributed by atoms with E-state index in [0.717, 1.165) is 123 Å². The Morgan fingerprint density at radius 3 is 1.63 bits per heavy atom. The van der Waals surface area contributed by atoms with E-state index in [1.807, 2.05) is 151 Å². The van der Waals surface area contributed by atoms with Crippen LogP contribution in [0, 0.1) is 96.9 Å². The number of rotatable bonds is 0. The van der Waals surface area contributed by atoms with Crippen LogP contribution in [0.1, 0.15) is 88.6 Å². The third-order valence-corrected chi connectivity index (χ3v) is 25.6. The molecule has 0 unspecified atom stereocenters. The van der Waals surface area contributed by atoms with E-state index < -0.39 is 0 Å². The van der Waals surface area contributed by atoms with Crippen molar-refractivity contribution in [2.45, 2.75) is 110 Å². The van der Waals surface area contributed by atoms with Gasteiger partial charge in [-0.15, -0.1) is 22.7 Å². The molecule has 18 aromatic heterocycles. The molecule has 28 rings (SSSR count). The Labute approximate surface area is 857 Å². The third kappa shape index (κ3) is 28.0. The van der Waals surface area contributed by atoms with E-state index in [4.69, 9.17) is 49.0 Å². The second-order valence-corrected chi connectivity index (χ2v) is 38.3. The van der Waals surface area contributed by atoms with Crippen LogP contribution >= 0.6 is 22.7 Å². The highest BCUT2D eigenvalue weighted by Gasteiger charge is 2.13. The monoisotopic (exact) mass is 1990 g/mol. The molecule has 0 spiro atoms. The molecule has 20 heterocycles. The van der Waals surface area contributed by atoms with Crippen LogP contribution in [0.15, 0.2) is 301 Å². The molecule has 30 nitrogen and oxygen atoms in total. The highest BCUT2D eigenvalue weighted by Crippen LogP contribution is 2.32. The minimum absolute atomic E-state index is 0.454. The number of pyridine rings is 6. The van der Waals surface area contributed by atoms with Crippen molar-refractivity contribution in [2.75, 3.05) is 63.9 Å². The van der Waals surface area contributed by atoms with E-state index in [1.54, 1.807) is 65.9 Å². The Balaban J connectivity index is 0.000000119. The molecule has 0 bridgehead atoms. The first kappa shape index (κ1) is 103. The zero-order valence-electron chi connectivity index (χ0n) is 84.6. The molecule has 0 amide bonds. The molecule has 0 radical (unpaired) electrons. The van der Waals surface area contributed by atoms with E-state index in [0.29, 0.717) is 40.5 Å². The largest absolute Gasteiger partial charge is 0.461 e. The van der Waals surface area contributed by atoms with Crippen LogP contribution in [0.2, 0.25) is 0 Å². The minimum Gasteiger partial charge on any atom is -0.461 e. The number of aromatic amines is 8. The smallest absolute Gasteiger partial charge is 0.176 e. The number of nitrogen functional groups attached to an aromatic ring is 7. The molecular weight excluding hydrogens is 1870 g/mol. The Morgan fingerprint density at radius 2 is 0.898 bits per heavy atom. The van der Waals surface area contributed by atoms with E-state index in [9.17, 15) is 0 Å². The fourth-order valence-corrected chi connectivity index (χ4v) is 18.1. The number of hydrogen-bond acceptors (Lipinski definition) is 24. The molecule has 0 saturated heterocycles. The topological polar surface area (TPSA) is 501 Å². The number of para-hydroxylation sites is 1. The maximum atomic E-state index is 5.74. The lowest BCUT2D eigenvalue weighted by molar-refractivity contribution is 0.578. The van der Waals surface area contributed by atoms with Crippen molar-refractivity contribution in [3.8, 4) is 0 Å². The summed E-state index contributed by atoms with van der Waals surface area (Å²) >= 11 is 3.44. The number of benzene rings is 8. The molecule has 26 aromatic rings. The Morgan fingerprint density at radius 1 is 0.333 bits per heavy atom. The quantitative estimate of drug-likeness (QED) is 0.0627. The number of nitrogens with zero attached hydrogens (tertiary/aromatic N) is 11. The Bertz CT molecular complexity index is 7620. The number of aryl methyl sites for hydroxylation is 14. The molecular formula is C115H122N28O2S2. The molecule has 2 aliphatic rings. The summed E-state index contributed by atoms with van der Waals surface area (Å²) in [6.07, 6.45) is 20.1. The molecule has 0 atom stereocenters. The van der Waals surface area contributed by atoms with Crippen molar-refractivity contribution in [1.82, 2.24) is 95.6 Å². The molecule has 0 saturated carbocycles. The highest BCUT2D eigenvalue weighted by atomic mass is 32.1. The first-order chi connectivity index (χ1) is 70.9. The summed E-state index contributed by atoms with van der Waals surface area (Å²) in [6.45, 7) is 30.7. The van der Waals surface area contributed by atoms with E-state index >= 15 is 0 Å². The zero-order chi connectivity index (χ0) is 104. The molecule has 2 aliphatic heterocycles. The zero-order valence-corrected chi connectivity index (χ0v) is 86.3. The molecule has 0 aliphatic carbocycles. The summed E-state index contributed by atoms with van der Waals surface area (Å²) in [5.74, 6) is 5.90. The lowest BCUT2D eigenvalue weighted by atomic mass is 10.1. The predicted molar refractivity (Wildman–Crippen MR) is 613 cm³/mol. The number of anilines is 9. The van der Waals surface area contributed by atoms with Gasteiger partial charge in [-0.3, -0.25) is 10.2 Å². The summed E-state index contributed by atoms with van der Waals surface area (Å²) in [5, 5.41) is 42.0. The van der Waals surface area contributed by atoms with Gasteiger partial charge in [0.25, 0.3) is 0 Å². The first-order valence-electron chi connectivity index (χ1n) is 47.8. The van der Waals surface area contributed by atoms with Gasteiger partial charge in [0.05, 0.1) is 55.8 Å². The van der Waals surface area contributed by atoms with Crippen molar-refractivity contribution in [1.29, 1.82) is 0 Å². The maximum absolute atomic E-state index is 5.74. The van der Waals surface area contributed by atoms with E-state index in [2.05, 4.69) is 301 Å². The summed E-state index contributed by atoms with van der Waals surface area (Å²) in [7, 11) is 0. The van der Waals surface area contributed by atoms with Crippen molar-refractivity contribution >= 4 is 204 Å². The highest BCUT2D eigenvalue weighted by molar-refractivity contribution is 7.19. The maximum Gasteiger partial charge on any atom is 0.176 e. The van der Waals surface area contributed by atoms with Gasteiger partial charge in [-0.1, -0.05) is 95.6 Å². The van der Waals surface area contributed by atoms with Crippen LogP contribution in [-0.4, -0.2) is 109 Å². The van der Waals surface area contributed by atoms with Gasteiger partial charge in [0.2, 0.25) is 0 Å². The van der Waals surface area contributed by atoms with Crippen LogP contribution in [0.25, 0.3) is 130 Å². The number of imidazole rings is 1. The van der Waals surface area contributed by atoms with Gasteiger partial charge in [0, 0.05) is 143 Å². The molecule has 0 fully saturated rings. The van der Waals surface area contributed by atoms with Crippen molar-refractivity contribution in [3.63, 3.8) is 0 Å². The third-order valence-electron chi connectivity index (χ3n) is 23.5. The predicted octanol–water partition coefficient (Wildman–Crippen LogP) is 26.1. The molecule has 746 valence electrons. The average molecular weight is 1990 g/mol. The van der Waals surface area contributed by atoms with Gasteiger partial charge < -0.3 is 84.5 Å². The lowest BCUT2D eigenvalue weighted by Gasteiger charge is -1.98. The van der Waals surface area contributed by atoms with Gasteiger partial charge in [0.15, 0.2) is 17.2 Å². The average Bonchev–Trinajstić information content (AvgIpc) is 1.69. The lowest BCUT2D eigenvalue weighted by Crippen LogP contribution is -1.90. The number of nitrogens with one attached hydrogen (secondary N) is 10. The number of H-pyrrole nitrogens is 8. The van der Waals surface area contributed by atoms with Gasteiger partial charge >= 0.3 is 0 Å². The molecule has 32 heteroatoms. The van der Waals surface area contributed by atoms with Gasteiger partial charge in [0.1, 0.15) is 62.7 Å². The van der Waals surface area contributed by atoms with Crippen LogP contribution in [-0.2, 0) is 12.8 Å². The number of aromatic nitrogens is 19. The Hall–Kier alpha value is -18.2. The number of nitrogens with two attached hydrogens (primary N) is 7. The number of fused-ring (bicyclic) bond motifs is 14. The van der Waals surface area contributed by atoms with E-state index in [-0.39, 0.29) is 0 Å². The fraction of sp³-hybridized carbons (Fsp3) is 0.157. The normalized spacial score (nSPS) is 11.1. The van der Waals surface area contributed by atoms with Crippen LogP contribution < -0.4 is 50.8 Å². The molecule has 8 aromatic carbocycles. The second kappa shape index (κ2) is 48.5. The summed E-state index contributed by atoms with van der Waals surface area (Å²) in [5.41, 5.74) is 69.0. The SMILES string of the molecule is Cc1cc2c(N)nccc2[nH]1.Cc1cc2c(N)nccc2o1.Cc1cc2c(N)nccc2s1.Cc1cc2cccc(N)c2[nH]1.Cc1cc2ccnc(N)c2o1.Cc1cc2ccnc(N)c2s1.Cc1ccc2[nH]ccc2c1.Cc1ccc2[nH]ncc2c1.Cc1ccc2c(c1)CCN2.Cc1ccc2c(c1)NCC2.Cc1ccc2cc[nH]c2c1.Cc1ccc2cn[nH]c2c1.Cc1ccc2n[nH]nc2c1.Cc1nc2c(N)nccc2[nH]1. The van der Waals surface area contributed by atoms with E-state index in [1.165, 1.54) is 132 Å². The Kier molecular flexibility index (Phi) is 34.1. The van der Waals surface area contributed by atoms with Crippen molar-refractivity contribution in [2.24, 2.45) is 0 Å². The molecule has 24 N–H and O–H groups in total. The standard InChI is InChI=1S/C9H10N2.C9H11N.C9H9N.C9H11N.C9H9N.C8H9N3.2C8H8N2O.2C8H8N2S.2C8H8N2.C7H8N4.C7H7N3/c1-6-5-7-3-2-4-8(10)9(7)11-6;2*1-7-2-3-9-8(6-7)4-5-10-9;2*1-7-2-3-8-4-5-10-9(8)6-7;2*1-5-4-6-7(11-5)2-3-10-8(6)9;1-5-4-6-2-3-10-8(9)7(6)11-5;1-5-4-6-7(11-5)2-3-10-8(6)9;1-5-4-6-2-3-10-8(9)7(6)11-5;1-6-2-3-8-7(4-6)5-9-10-8;1-6-2-3-7-5-9-10-8(7)4-6;1-4-10-5-2-3-9-7(8)6(5)11-4;1-5-2-3-6-7(4-5)9-10-8-6/h2-5,11H,10H2,1H3;2-3,6,10H,4-5H2,1H3;2-6,10H,1H3;2-3,6,10H,4-5H2,1H3;2-6,10H,1H3;2-4,11H,1H3,(H2,9,10);4*2-4H,1H3,(H2,9,10);2*2-5H,1H3,(H,9,10);2-3H,1H3,(H2,8,9)(H,10,11);2-4H,1H3,(H,8,9,10). The van der Waals surface area contributed by atoms with Gasteiger partial charge in [-0.05, 0) is 311 Å². The minimum atomic E-state index is 0.454. The summed E-state index contributed by atoms with van der Waals surface area (Å²) in [6, 6.07) is 78.0. The number of furan rings is 2. The molecule has 147 heavy (non-hydrogen) atoms. The van der Waals surface area contributed by atoms with Crippen LogP contribution in [0.5, 0.6) is 0 Å². The van der Waals surface area contributed by atoms with Gasteiger partial charge in [-0.25, -0.2) is 34.9 Å².